The third-order valence-electron chi connectivity index (χ3n) is 5.11. The first-order chi connectivity index (χ1) is 13.1. The number of pyridine rings is 2. The zero-order valence-corrected chi connectivity index (χ0v) is 15.5. The molecule has 0 unspecified atom stereocenters. The number of amides is 1. The second-order valence-corrected chi connectivity index (χ2v) is 6.85. The lowest BCUT2D eigenvalue weighted by molar-refractivity contribution is 0.0697. The average molecular weight is 366 g/mol. The normalized spacial score (nSPS) is 17.4. The molecular weight excluding hydrogens is 344 g/mol. The standard InChI is InChI=1S/C19H22N6O2/c1-3-25-17(22-23(2)19(25)27)14-7-5-11-24(12-14)18(26)15-9-8-13-6-4-10-20-16(13)21-15/h4,6,8-10,14H,3,5,7,11-12H2,1-2H3/t14-/m1/s1. The Balaban J connectivity index is 1.59. The number of hydrogen-bond donors (Lipinski definition) is 0. The summed E-state index contributed by atoms with van der Waals surface area (Å²) in [7, 11) is 1.66. The smallest absolute Gasteiger partial charge is 0.337 e. The van der Waals surface area contributed by atoms with Crippen LogP contribution >= 0.6 is 0 Å². The quantitative estimate of drug-likeness (QED) is 0.702. The van der Waals surface area contributed by atoms with Gasteiger partial charge in [-0.15, -0.1) is 0 Å². The SMILES string of the molecule is CCn1c([C@@H]2CCCN(C(=O)c3ccc4cccnc4n3)C2)nn(C)c1=O. The third-order valence-corrected chi connectivity index (χ3v) is 5.11. The van der Waals surface area contributed by atoms with E-state index in [1.165, 1.54) is 4.68 Å². The molecule has 8 nitrogen and oxygen atoms in total. The molecule has 0 saturated carbocycles. The fourth-order valence-corrected chi connectivity index (χ4v) is 3.73. The van der Waals surface area contributed by atoms with E-state index in [4.69, 9.17) is 0 Å². The van der Waals surface area contributed by atoms with Crippen LogP contribution in [0, 0.1) is 0 Å². The molecule has 8 heteroatoms. The number of aromatic nitrogens is 5. The number of likely N-dealkylation sites (tertiary alicyclic amines) is 1. The van der Waals surface area contributed by atoms with Crippen molar-refractivity contribution in [1.82, 2.24) is 29.2 Å². The van der Waals surface area contributed by atoms with Crippen molar-refractivity contribution in [3.63, 3.8) is 0 Å². The van der Waals surface area contributed by atoms with Crippen molar-refractivity contribution in [2.75, 3.05) is 13.1 Å². The van der Waals surface area contributed by atoms with E-state index >= 15 is 0 Å². The van der Waals surface area contributed by atoms with Crippen molar-refractivity contribution in [2.45, 2.75) is 32.2 Å². The summed E-state index contributed by atoms with van der Waals surface area (Å²) in [6, 6.07) is 7.39. The number of piperidine rings is 1. The molecule has 4 heterocycles. The van der Waals surface area contributed by atoms with Crippen LogP contribution in [0.5, 0.6) is 0 Å². The first-order valence-corrected chi connectivity index (χ1v) is 9.23. The lowest BCUT2D eigenvalue weighted by Crippen LogP contribution is -2.40. The van der Waals surface area contributed by atoms with E-state index in [0.717, 1.165) is 24.1 Å². The second-order valence-electron chi connectivity index (χ2n) is 6.85. The number of carbonyl (C=O) groups is 1. The zero-order chi connectivity index (χ0) is 19.0. The monoisotopic (exact) mass is 366 g/mol. The number of carbonyl (C=O) groups excluding carboxylic acids is 1. The molecule has 3 aromatic heterocycles. The van der Waals surface area contributed by atoms with Crippen LogP contribution in [0.1, 0.15) is 42.0 Å². The number of fused-ring (bicyclic) bond motifs is 1. The van der Waals surface area contributed by atoms with Crippen LogP contribution in [0.2, 0.25) is 0 Å². The summed E-state index contributed by atoms with van der Waals surface area (Å²) in [6.45, 7) is 3.73. The Kier molecular flexibility index (Phi) is 4.47. The summed E-state index contributed by atoms with van der Waals surface area (Å²) in [5.74, 6) is 0.708. The first-order valence-electron chi connectivity index (χ1n) is 9.23. The predicted octanol–water partition coefficient (Wildman–Crippen LogP) is 1.56. The van der Waals surface area contributed by atoms with Gasteiger partial charge in [-0.2, -0.15) is 5.10 Å². The highest BCUT2D eigenvalue weighted by Gasteiger charge is 2.30. The molecule has 4 rings (SSSR count). The molecule has 1 saturated heterocycles. The number of nitrogens with zero attached hydrogens (tertiary/aromatic N) is 6. The predicted molar refractivity (Wildman–Crippen MR) is 101 cm³/mol. The number of rotatable bonds is 3. The lowest BCUT2D eigenvalue weighted by atomic mass is 9.96. The molecule has 1 aliphatic heterocycles. The third kappa shape index (κ3) is 3.11. The molecule has 0 bridgehead atoms. The second kappa shape index (κ2) is 6.94. The van der Waals surface area contributed by atoms with Crippen LogP contribution < -0.4 is 5.69 Å². The Hall–Kier alpha value is -3.03. The van der Waals surface area contributed by atoms with Crippen LogP contribution in [-0.4, -0.2) is 48.2 Å². The van der Waals surface area contributed by atoms with Crippen molar-refractivity contribution >= 4 is 16.9 Å². The maximum atomic E-state index is 13.0. The van der Waals surface area contributed by atoms with Gasteiger partial charge in [0.2, 0.25) is 0 Å². The van der Waals surface area contributed by atoms with Crippen LogP contribution in [0.15, 0.2) is 35.3 Å². The van der Waals surface area contributed by atoms with Gasteiger partial charge in [-0.05, 0) is 44.0 Å². The Labute approximate surface area is 156 Å². The van der Waals surface area contributed by atoms with Gasteiger partial charge in [0, 0.05) is 44.2 Å². The van der Waals surface area contributed by atoms with Crippen LogP contribution in [0.4, 0.5) is 0 Å². The minimum absolute atomic E-state index is 0.0510. The van der Waals surface area contributed by atoms with Gasteiger partial charge < -0.3 is 4.90 Å². The Morgan fingerprint density at radius 2 is 2.15 bits per heavy atom. The van der Waals surface area contributed by atoms with Crippen molar-refractivity contribution < 1.29 is 4.79 Å². The Morgan fingerprint density at radius 3 is 2.96 bits per heavy atom. The molecule has 0 N–H and O–H groups in total. The van der Waals surface area contributed by atoms with E-state index < -0.39 is 0 Å². The van der Waals surface area contributed by atoms with Gasteiger partial charge in [0.05, 0.1) is 0 Å². The molecule has 0 aromatic carbocycles. The fourth-order valence-electron chi connectivity index (χ4n) is 3.73. The minimum atomic E-state index is -0.113. The fraction of sp³-hybridized carbons (Fsp3) is 0.421. The molecule has 3 aromatic rings. The van der Waals surface area contributed by atoms with Gasteiger partial charge in [-0.25, -0.2) is 19.4 Å². The molecule has 1 atom stereocenters. The maximum absolute atomic E-state index is 13.0. The van der Waals surface area contributed by atoms with Gasteiger partial charge in [-0.1, -0.05) is 0 Å². The van der Waals surface area contributed by atoms with Gasteiger partial charge in [-0.3, -0.25) is 9.36 Å². The van der Waals surface area contributed by atoms with Gasteiger partial charge in [0.1, 0.15) is 11.5 Å². The van der Waals surface area contributed by atoms with E-state index in [9.17, 15) is 9.59 Å². The van der Waals surface area contributed by atoms with E-state index in [-0.39, 0.29) is 17.5 Å². The van der Waals surface area contributed by atoms with E-state index in [2.05, 4.69) is 15.1 Å². The maximum Gasteiger partial charge on any atom is 0.345 e. The summed E-state index contributed by atoms with van der Waals surface area (Å²) < 4.78 is 3.06. The topological polar surface area (TPSA) is 85.9 Å². The highest BCUT2D eigenvalue weighted by molar-refractivity contribution is 5.94. The summed E-state index contributed by atoms with van der Waals surface area (Å²) in [4.78, 5) is 35.6. The molecule has 1 aliphatic rings. The molecule has 140 valence electrons. The molecule has 0 aliphatic carbocycles. The van der Waals surface area contributed by atoms with Crippen LogP contribution in [0.25, 0.3) is 11.0 Å². The lowest BCUT2D eigenvalue weighted by Gasteiger charge is -2.32. The molecule has 0 spiro atoms. The highest BCUT2D eigenvalue weighted by atomic mass is 16.2. The van der Waals surface area contributed by atoms with Gasteiger partial charge in [0.25, 0.3) is 5.91 Å². The molecule has 1 amide bonds. The minimum Gasteiger partial charge on any atom is -0.337 e. The van der Waals surface area contributed by atoms with Crippen LogP contribution in [-0.2, 0) is 13.6 Å². The number of hydrogen-bond acceptors (Lipinski definition) is 5. The van der Waals surface area contributed by atoms with E-state index in [1.54, 1.807) is 23.9 Å². The Morgan fingerprint density at radius 1 is 1.30 bits per heavy atom. The van der Waals surface area contributed by atoms with Crippen molar-refractivity contribution in [2.24, 2.45) is 7.05 Å². The van der Waals surface area contributed by atoms with E-state index in [0.29, 0.717) is 31.0 Å². The van der Waals surface area contributed by atoms with Crippen molar-refractivity contribution in [3.05, 3.63) is 52.5 Å². The molecule has 27 heavy (non-hydrogen) atoms. The average Bonchev–Trinajstić information content (AvgIpc) is 3.01. The summed E-state index contributed by atoms with van der Waals surface area (Å²) in [5, 5.41) is 5.32. The molecular formula is C19H22N6O2. The summed E-state index contributed by atoms with van der Waals surface area (Å²) >= 11 is 0. The highest BCUT2D eigenvalue weighted by Crippen LogP contribution is 2.26. The van der Waals surface area contributed by atoms with Crippen molar-refractivity contribution in [3.8, 4) is 0 Å². The van der Waals surface area contributed by atoms with E-state index in [1.807, 2.05) is 30.0 Å². The molecule has 0 radical (unpaired) electrons. The van der Waals surface area contributed by atoms with Gasteiger partial charge >= 0.3 is 5.69 Å². The Bertz CT molecular complexity index is 1050. The molecule has 1 fully saturated rings. The van der Waals surface area contributed by atoms with Crippen molar-refractivity contribution in [1.29, 1.82) is 0 Å². The van der Waals surface area contributed by atoms with Crippen LogP contribution in [0.3, 0.4) is 0 Å². The number of aryl methyl sites for hydroxylation is 1. The summed E-state index contributed by atoms with van der Waals surface area (Å²) in [6.07, 6.45) is 3.45. The zero-order valence-electron chi connectivity index (χ0n) is 15.5. The summed E-state index contributed by atoms with van der Waals surface area (Å²) in [5.41, 5.74) is 0.857. The largest absolute Gasteiger partial charge is 0.345 e. The first kappa shape index (κ1) is 17.4. The van der Waals surface area contributed by atoms with Gasteiger partial charge in [0.15, 0.2) is 5.65 Å².